The van der Waals surface area contributed by atoms with Crippen LogP contribution in [0.1, 0.15) is 19.4 Å². The molecule has 0 radical (unpaired) electrons. The predicted molar refractivity (Wildman–Crippen MR) is 115 cm³/mol. The van der Waals surface area contributed by atoms with E-state index in [1.54, 1.807) is 37.1 Å². The molecule has 0 saturated carbocycles. The molecule has 1 heterocycles. The van der Waals surface area contributed by atoms with Crippen LogP contribution in [0.5, 0.6) is 11.5 Å². The number of nitrogens with zero attached hydrogens (tertiary/aromatic N) is 3. The van der Waals surface area contributed by atoms with Gasteiger partial charge in [0, 0.05) is 38.3 Å². The van der Waals surface area contributed by atoms with E-state index < -0.39 is 0 Å². The van der Waals surface area contributed by atoms with Gasteiger partial charge in [-0.1, -0.05) is 0 Å². The average molecular weight is 492 g/mol. The summed E-state index contributed by atoms with van der Waals surface area (Å²) in [5, 5.41) is 13.3. The number of aliphatic imine (C=N–C) groups is 1. The van der Waals surface area contributed by atoms with Crippen molar-refractivity contribution in [1.82, 2.24) is 15.1 Å². The highest BCUT2D eigenvalue weighted by Gasteiger charge is 2.23. The maximum atomic E-state index is 11.8. The third kappa shape index (κ3) is 6.64. The van der Waals surface area contributed by atoms with E-state index in [9.17, 15) is 9.90 Å². The first kappa shape index (κ1) is 23.1. The van der Waals surface area contributed by atoms with E-state index >= 15 is 0 Å². The molecule has 0 spiro atoms. The zero-order valence-corrected chi connectivity index (χ0v) is 18.4. The van der Waals surface area contributed by atoms with Gasteiger partial charge in [0.1, 0.15) is 11.5 Å². The van der Waals surface area contributed by atoms with E-state index in [-0.39, 0.29) is 35.8 Å². The fraction of sp³-hybridized carbons (Fsp3) is 0.556. The second-order valence-electron chi connectivity index (χ2n) is 5.84. The van der Waals surface area contributed by atoms with Crippen LogP contribution in [0, 0.1) is 0 Å². The number of guanidine groups is 1. The lowest BCUT2D eigenvalue weighted by Gasteiger charge is -2.35. The van der Waals surface area contributed by atoms with Crippen LogP contribution in [0.15, 0.2) is 23.2 Å². The Kier molecular flexibility index (Phi) is 10.0. The molecule has 1 saturated heterocycles. The predicted octanol–water partition coefficient (Wildman–Crippen LogP) is 2.26. The topological polar surface area (TPSA) is 86.6 Å². The van der Waals surface area contributed by atoms with Crippen molar-refractivity contribution in [3.63, 3.8) is 0 Å². The number of nitrogens with one attached hydrogen (secondary N) is 1. The van der Waals surface area contributed by atoms with Crippen molar-refractivity contribution in [2.45, 2.75) is 20.4 Å². The first-order valence-corrected chi connectivity index (χ1v) is 8.89. The number of rotatable bonds is 5. The van der Waals surface area contributed by atoms with Crippen LogP contribution in [0.3, 0.4) is 0 Å². The van der Waals surface area contributed by atoms with Gasteiger partial charge in [0.25, 0.3) is 0 Å². The zero-order valence-electron chi connectivity index (χ0n) is 16.1. The van der Waals surface area contributed by atoms with Crippen molar-refractivity contribution in [3.05, 3.63) is 23.8 Å². The van der Waals surface area contributed by atoms with Gasteiger partial charge in [0.2, 0.25) is 0 Å². The summed E-state index contributed by atoms with van der Waals surface area (Å²) in [5.41, 5.74) is 0.699. The van der Waals surface area contributed by atoms with Crippen LogP contribution >= 0.6 is 24.0 Å². The molecule has 1 amide bonds. The first-order chi connectivity index (χ1) is 12.6. The van der Waals surface area contributed by atoms with Crippen LogP contribution in [-0.4, -0.2) is 73.4 Å². The number of ether oxygens (including phenoxy) is 2. The SMILES string of the molecule is CCNC(=NCc1cc(OC)ccc1O)N1CCN(C(=O)OCC)CC1.I. The molecule has 0 aliphatic carbocycles. The largest absolute Gasteiger partial charge is 0.508 e. The lowest BCUT2D eigenvalue weighted by molar-refractivity contribution is 0.0914. The summed E-state index contributed by atoms with van der Waals surface area (Å²) < 4.78 is 10.2. The van der Waals surface area contributed by atoms with E-state index in [0.29, 0.717) is 50.6 Å². The fourth-order valence-corrected chi connectivity index (χ4v) is 2.72. The number of phenols is 1. The maximum Gasteiger partial charge on any atom is 0.409 e. The summed E-state index contributed by atoms with van der Waals surface area (Å²) in [6.07, 6.45) is -0.268. The van der Waals surface area contributed by atoms with E-state index in [0.717, 1.165) is 12.5 Å². The van der Waals surface area contributed by atoms with Gasteiger partial charge >= 0.3 is 6.09 Å². The highest BCUT2D eigenvalue weighted by Crippen LogP contribution is 2.23. The minimum Gasteiger partial charge on any atom is -0.508 e. The van der Waals surface area contributed by atoms with Crippen molar-refractivity contribution in [1.29, 1.82) is 0 Å². The number of methoxy groups -OCH3 is 1. The Labute approximate surface area is 177 Å². The molecule has 1 aromatic carbocycles. The molecular formula is C18H29IN4O4. The molecule has 0 unspecified atom stereocenters. The summed E-state index contributed by atoms with van der Waals surface area (Å²) in [6, 6.07) is 5.10. The molecule has 9 heteroatoms. The van der Waals surface area contributed by atoms with Crippen LogP contribution in [-0.2, 0) is 11.3 Å². The van der Waals surface area contributed by atoms with Gasteiger partial charge in [0.15, 0.2) is 5.96 Å². The number of halogens is 1. The standard InChI is InChI=1S/C18H28N4O4.HI/c1-4-19-17(20-13-14-12-15(25-3)6-7-16(14)23)21-8-10-22(11-9-21)18(24)26-5-2;/h6-7,12,23H,4-5,8-11,13H2,1-3H3,(H,19,20);1H. The Morgan fingerprint density at radius 2 is 1.89 bits per heavy atom. The van der Waals surface area contributed by atoms with E-state index in [4.69, 9.17) is 9.47 Å². The molecule has 152 valence electrons. The van der Waals surface area contributed by atoms with Crippen LogP contribution < -0.4 is 10.1 Å². The number of carbonyl (C=O) groups excluding carboxylic acids is 1. The lowest BCUT2D eigenvalue weighted by Crippen LogP contribution is -2.53. The minimum absolute atomic E-state index is 0. The number of piperazine rings is 1. The van der Waals surface area contributed by atoms with Crippen molar-refractivity contribution < 1.29 is 19.4 Å². The maximum absolute atomic E-state index is 11.8. The normalized spacial score (nSPS) is 14.4. The van der Waals surface area contributed by atoms with Crippen LogP contribution in [0.4, 0.5) is 4.79 Å². The molecule has 0 bridgehead atoms. The summed E-state index contributed by atoms with van der Waals surface area (Å²) in [7, 11) is 1.59. The Bertz CT molecular complexity index is 634. The molecule has 1 aliphatic rings. The highest BCUT2D eigenvalue weighted by atomic mass is 127. The molecule has 0 atom stereocenters. The van der Waals surface area contributed by atoms with Gasteiger partial charge in [-0.25, -0.2) is 9.79 Å². The number of amides is 1. The Balaban J connectivity index is 0.00000364. The number of hydrogen-bond donors (Lipinski definition) is 2. The molecule has 27 heavy (non-hydrogen) atoms. The highest BCUT2D eigenvalue weighted by molar-refractivity contribution is 14.0. The smallest absolute Gasteiger partial charge is 0.409 e. The molecule has 1 aromatic rings. The van der Waals surface area contributed by atoms with Gasteiger partial charge in [-0.2, -0.15) is 0 Å². The summed E-state index contributed by atoms with van der Waals surface area (Å²) in [6.45, 7) is 7.80. The summed E-state index contributed by atoms with van der Waals surface area (Å²) in [4.78, 5) is 20.3. The Hall–Kier alpha value is -1.91. The summed E-state index contributed by atoms with van der Waals surface area (Å²) >= 11 is 0. The van der Waals surface area contributed by atoms with Crippen molar-refractivity contribution >= 4 is 36.0 Å². The number of phenolic OH excluding ortho intramolecular Hbond substituents is 1. The monoisotopic (exact) mass is 492 g/mol. The molecular weight excluding hydrogens is 463 g/mol. The van der Waals surface area contributed by atoms with Gasteiger partial charge in [0.05, 0.1) is 20.3 Å². The lowest BCUT2D eigenvalue weighted by atomic mass is 10.2. The number of hydrogen-bond acceptors (Lipinski definition) is 5. The van der Waals surface area contributed by atoms with Crippen LogP contribution in [0.2, 0.25) is 0 Å². The van der Waals surface area contributed by atoms with Gasteiger partial charge in [-0.05, 0) is 32.0 Å². The summed E-state index contributed by atoms with van der Waals surface area (Å²) in [5.74, 6) is 1.64. The number of aromatic hydroxyl groups is 1. The fourth-order valence-electron chi connectivity index (χ4n) is 2.72. The number of carbonyl (C=O) groups is 1. The molecule has 1 fully saturated rings. The second kappa shape index (κ2) is 11.7. The molecule has 1 aliphatic heterocycles. The quantitative estimate of drug-likeness (QED) is 0.373. The van der Waals surface area contributed by atoms with Crippen molar-refractivity contribution in [2.75, 3.05) is 46.4 Å². The molecule has 0 aromatic heterocycles. The van der Waals surface area contributed by atoms with E-state index in [1.165, 1.54) is 0 Å². The van der Waals surface area contributed by atoms with Crippen molar-refractivity contribution in [3.8, 4) is 11.5 Å². The zero-order chi connectivity index (χ0) is 18.9. The molecule has 8 nitrogen and oxygen atoms in total. The van der Waals surface area contributed by atoms with E-state index in [1.807, 2.05) is 6.92 Å². The van der Waals surface area contributed by atoms with Crippen molar-refractivity contribution in [2.24, 2.45) is 4.99 Å². The van der Waals surface area contributed by atoms with Gasteiger partial charge < -0.3 is 29.7 Å². The minimum atomic E-state index is -0.268. The third-order valence-corrected chi connectivity index (χ3v) is 4.13. The van der Waals surface area contributed by atoms with Crippen LogP contribution in [0.25, 0.3) is 0 Å². The average Bonchev–Trinajstić information content (AvgIpc) is 2.66. The van der Waals surface area contributed by atoms with Gasteiger partial charge in [-0.15, -0.1) is 24.0 Å². The molecule has 2 N–H and O–H groups in total. The van der Waals surface area contributed by atoms with Gasteiger partial charge in [-0.3, -0.25) is 0 Å². The van der Waals surface area contributed by atoms with E-state index in [2.05, 4.69) is 15.2 Å². The Morgan fingerprint density at radius 3 is 2.48 bits per heavy atom. The Morgan fingerprint density at radius 1 is 1.22 bits per heavy atom. The molecule has 2 rings (SSSR count). The first-order valence-electron chi connectivity index (χ1n) is 8.89. The second-order valence-corrected chi connectivity index (χ2v) is 5.84. The third-order valence-electron chi connectivity index (χ3n) is 4.13. The number of benzene rings is 1.